The van der Waals surface area contributed by atoms with Crippen molar-refractivity contribution in [3.8, 4) is 11.4 Å². The van der Waals surface area contributed by atoms with Crippen molar-refractivity contribution in [3.63, 3.8) is 0 Å². The highest BCUT2D eigenvalue weighted by Crippen LogP contribution is 2.32. The van der Waals surface area contributed by atoms with Gasteiger partial charge in [0.05, 0.1) is 18.9 Å². The first-order valence-electron chi connectivity index (χ1n) is 10.3. The highest BCUT2D eigenvalue weighted by molar-refractivity contribution is 6.61. The number of aromatic amines is 1. The Balaban J connectivity index is 1.62. The lowest BCUT2D eigenvalue weighted by Gasteiger charge is -2.20. The Kier molecular flexibility index (Phi) is 5.19. The van der Waals surface area contributed by atoms with Crippen LogP contribution in [-0.2, 0) is 24.3 Å². The number of rotatable bonds is 5. The van der Waals surface area contributed by atoms with E-state index in [0.29, 0.717) is 36.6 Å². The van der Waals surface area contributed by atoms with E-state index >= 15 is 0 Å². The van der Waals surface area contributed by atoms with E-state index in [4.69, 9.17) is 14.7 Å². The SMILES string of the molecule is Cc1[nH]c2c(B(O)O)cccc2c1-c1nc2c(c(NCc3ccccc3)n1)COCC2. The quantitative estimate of drug-likeness (QED) is 0.374. The van der Waals surface area contributed by atoms with Gasteiger partial charge in [-0.1, -0.05) is 48.5 Å². The number of nitrogens with zero attached hydrogens (tertiary/aromatic N) is 2. The molecule has 0 unspecified atom stereocenters. The average Bonchev–Trinajstić information content (AvgIpc) is 3.13. The van der Waals surface area contributed by atoms with E-state index in [1.54, 1.807) is 6.07 Å². The Morgan fingerprint density at radius 2 is 1.94 bits per heavy atom. The lowest BCUT2D eigenvalue weighted by atomic mass is 9.79. The van der Waals surface area contributed by atoms with E-state index in [2.05, 4.69) is 22.4 Å². The molecule has 1 aliphatic heterocycles. The van der Waals surface area contributed by atoms with Gasteiger partial charge in [0.2, 0.25) is 0 Å². The predicted octanol–water partition coefficient (Wildman–Crippen LogP) is 2.30. The van der Waals surface area contributed by atoms with E-state index in [0.717, 1.165) is 45.7 Å². The molecule has 3 heterocycles. The zero-order chi connectivity index (χ0) is 21.4. The summed E-state index contributed by atoms with van der Waals surface area (Å²) in [6, 6.07) is 15.6. The molecule has 0 radical (unpaired) electrons. The Morgan fingerprint density at radius 1 is 1.10 bits per heavy atom. The summed E-state index contributed by atoms with van der Waals surface area (Å²) in [5.74, 6) is 1.39. The van der Waals surface area contributed by atoms with Crippen molar-refractivity contribution in [3.05, 3.63) is 71.0 Å². The summed E-state index contributed by atoms with van der Waals surface area (Å²) in [5, 5.41) is 23.8. The third-order valence-corrected chi connectivity index (χ3v) is 5.68. The number of hydrogen-bond acceptors (Lipinski definition) is 6. The van der Waals surface area contributed by atoms with E-state index in [1.807, 2.05) is 37.3 Å². The highest BCUT2D eigenvalue weighted by Gasteiger charge is 2.24. The van der Waals surface area contributed by atoms with Gasteiger partial charge in [-0.25, -0.2) is 9.97 Å². The average molecular weight is 414 g/mol. The fourth-order valence-electron chi connectivity index (χ4n) is 4.14. The van der Waals surface area contributed by atoms with Crippen molar-refractivity contribution < 1.29 is 14.8 Å². The molecule has 7 nitrogen and oxygen atoms in total. The minimum absolute atomic E-state index is 0.431. The normalized spacial score (nSPS) is 13.3. The van der Waals surface area contributed by atoms with Crippen molar-refractivity contribution in [1.82, 2.24) is 15.0 Å². The molecule has 0 spiro atoms. The van der Waals surface area contributed by atoms with Crippen LogP contribution in [0.4, 0.5) is 5.82 Å². The summed E-state index contributed by atoms with van der Waals surface area (Å²) >= 11 is 0. The van der Waals surface area contributed by atoms with Gasteiger partial charge in [0, 0.05) is 46.2 Å². The summed E-state index contributed by atoms with van der Waals surface area (Å²) in [5.41, 5.74) is 6.01. The van der Waals surface area contributed by atoms with Crippen LogP contribution in [0.3, 0.4) is 0 Å². The second kappa shape index (κ2) is 8.15. The van der Waals surface area contributed by atoms with E-state index in [9.17, 15) is 10.0 Å². The van der Waals surface area contributed by atoms with E-state index in [-0.39, 0.29) is 0 Å². The molecule has 8 heteroatoms. The molecule has 0 atom stereocenters. The number of hydrogen-bond donors (Lipinski definition) is 4. The first kappa shape index (κ1) is 19.7. The molecule has 2 aromatic carbocycles. The fraction of sp³-hybridized carbons (Fsp3) is 0.217. The van der Waals surface area contributed by atoms with Crippen LogP contribution in [0.1, 0.15) is 22.5 Å². The summed E-state index contributed by atoms with van der Waals surface area (Å²) in [6.07, 6.45) is 0.729. The van der Waals surface area contributed by atoms with Crippen LogP contribution in [0.15, 0.2) is 48.5 Å². The number of H-pyrrole nitrogens is 1. The van der Waals surface area contributed by atoms with Gasteiger partial charge in [-0.05, 0) is 12.5 Å². The van der Waals surface area contributed by atoms with Crippen LogP contribution in [0.25, 0.3) is 22.3 Å². The van der Waals surface area contributed by atoms with Gasteiger partial charge in [0.25, 0.3) is 0 Å². The van der Waals surface area contributed by atoms with Gasteiger partial charge in [-0.2, -0.15) is 0 Å². The highest BCUT2D eigenvalue weighted by atomic mass is 16.5. The summed E-state index contributed by atoms with van der Waals surface area (Å²) in [7, 11) is -1.56. The standard InChI is InChI=1S/C23H23BN4O3/c1-14-20(16-8-5-9-18(24(29)30)21(16)26-14)23-27-19-10-11-31-13-17(19)22(28-23)25-12-15-6-3-2-4-7-15/h2-9,26,29-30H,10-13H2,1H3,(H,25,27,28). The molecule has 31 heavy (non-hydrogen) atoms. The molecule has 4 N–H and O–H groups in total. The second-order valence-electron chi connectivity index (χ2n) is 7.73. The van der Waals surface area contributed by atoms with Gasteiger partial charge in [0.15, 0.2) is 5.82 Å². The smallest absolute Gasteiger partial charge is 0.423 e. The van der Waals surface area contributed by atoms with Crippen molar-refractivity contribution in [2.45, 2.75) is 26.5 Å². The Bertz CT molecular complexity index is 1240. The number of ether oxygens (including phenoxy) is 1. The zero-order valence-corrected chi connectivity index (χ0v) is 17.2. The molecule has 156 valence electrons. The van der Waals surface area contributed by atoms with Gasteiger partial charge in [0.1, 0.15) is 5.82 Å². The molecule has 0 saturated heterocycles. The summed E-state index contributed by atoms with van der Waals surface area (Å²) < 4.78 is 5.67. The molecule has 5 rings (SSSR count). The summed E-state index contributed by atoms with van der Waals surface area (Å²) in [4.78, 5) is 13.1. The van der Waals surface area contributed by atoms with Crippen LogP contribution in [-0.4, -0.2) is 38.7 Å². The first-order valence-corrected chi connectivity index (χ1v) is 10.3. The van der Waals surface area contributed by atoms with Crippen LogP contribution in [0.2, 0.25) is 0 Å². The number of anilines is 1. The molecule has 0 aliphatic carbocycles. The minimum atomic E-state index is -1.56. The first-order chi connectivity index (χ1) is 15.1. The molecular formula is C23H23BN4O3. The molecule has 0 fully saturated rings. The van der Waals surface area contributed by atoms with Gasteiger partial charge >= 0.3 is 7.12 Å². The van der Waals surface area contributed by atoms with Gasteiger partial charge in [-0.3, -0.25) is 0 Å². The van der Waals surface area contributed by atoms with Crippen LogP contribution >= 0.6 is 0 Å². The molecule has 0 bridgehead atoms. The maximum atomic E-state index is 9.75. The fourth-order valence-corrected chi connectivity index (χ4v) is 4.14. The van der Waals surface area contributed by atoms with Crippen molar-refractivity contribution in [2.24, 2.45) is 0 Å². The minimum Gasteiger partial charge on any atom is -0.423 e. The van der Waals surface area contributed by atoms with Crippen molar-refractivity contribution >= 4 is 29.3 Å². The summed E-state index contributed by atoms with van der Waals surface area (Å²) in [6.45, 7) is 3.72. The number of fused-ring (bicyclic) bond motifs is 2. The van der Waals surface area contributed by atoms with Gasteiger partial charge < -0.3 is 25.1 Å². The number of benzene rings is 2. The van der Waals surface area contributed by atoms with E-state index < -0.39 is 7.12 Å². The maximum Gasteiger partial charge on any atom is 0.490 e. The molecule has 1 aliphatic rings. The Labute approximate surface area is 180 Å². The molecule has 0 amide bonds. The number of aryl methyl sites for hydroxylation is 1. The molecule has 2 aromatic heterocycles. The van der Waals surface area contributed by atoms with Crippen LogP contribution in [0.5, 0.6) is 0 Å². The van der Waals surface area contributed by atoms with Crippen LogP contribution in [0, 0.1) is 6.92 Å². The number of aromatic nitrogens is 3. The predicted molar refractivity (Wildman–Crippen MR) is 121 cm³/mol. The van der Waals surface area contributed by atoms with Crippen molar-refractivity contribution in [1.29, 1.82) is 0 Å². The molecule has 0 saturated carbocycles. The van der Waals surface area contributed by atoms with E-state index in [1.165, 1.54) is 0 Å². The Morgan fingerprint density at radius 3 is 2.74 bits per heavy atom. The molecule has 4 aromatic rings. The lowest BCUT2D eigenvalue weighted by Crippen LogP contribution is -2.30. The monoisotopic (exact) mass is 414 g/mol. The van der Waals surface area contributed by atoms with Crippen molar-refractivity contribution in [2.75, 3.05) is 11.9 Å². The largest absolute Gasteiger partial charge is 0.490 e. The topological polar surface area (TPSA) is 103 Å². The Hall–Kier alpha value is -3.20. The third-order valence-electron chi connectivity index (χ3n) is 5.68. The third kappa shape index (κ3) is 3.70. The number of nitrogens with one attached hydrogen (secondary N) is 2. The maximum absolute atomic E-state index is 9.75. The van der Waals surface area contributed by atoms with Gasteiger partial charge in [-0.15, -0.1) is 0 Å². The lowest BCUT2D eigenvalue weighted by molar-refractivity contribution is 0.109. The number of para-hydroxylation sites is 1. The zero-order valence-electron chi connectivity index (χ0n) is 17.2. The second-order valence-corrected chi connectivity index (χ2v) is 7.73. The molecular weight excluding hydrogens is 391 g/mol. The van der Waals surface area contributed by atoms with Crippen LogP contribution < -0.4 is 10.8 Å².